The fourth-order valence-electron chi connectivity index (χ4n) is 3.47. The van der Waals surface area contributed by atoms with Crippen molar-refractivity contribution < 1.29 is 4.90 Å². The molecule has 0 radical (unpaired) electrons. The monoisotopic (exact) mass is 368 g/mol. The molecule has 2 aromatic carbocycles. The summed E-state index contributed by atoms with van der Waals surface area (Å²) in [6.45, 7) is 8.77. The molecule has 0 amide bonds. The number of anilines is 1. The number of benzene rings is 2. The van der Waals surface area contributed by atoms with E-state index in [9.17, 15) is 0 Å². The molecule has 26 heavy (non-hydrogen) atoms. The average Bonchev–Trinajstić information content (AvgIpc) is 2.65. The lowest BCUT2D eigenvalue weighted by Crippen LogP contribution is -3.11. The molecule has 0 bridgehead atoms. The van der Waals surface area contributed by atoms with Crippen molar-refractivity contribution in [2.75, 3.05) is 18.4 Å². The summed E-state index contributed by atoms with van der Waals surface area (Å²) >= 11 is 5.42. The summed E-state index contributed by atoms with van der Waals surface area (Å²) in [5.74, 6) is 0. The van der Waals surface area contributed by atoms with E-state index in [0.717, 1.165) is 18.8 Å². The van der Waals surface area contributed by atoms with Crippen LogP contribution in [-0.2, 0) is 13.1 Å². The molecule has 1 fully saturated rings. The third-order valence-corrected chi connectivity index (χ3v) is 5.50. The normalized spacial score (nSPS) is 14.8. The highest BCUT2D eigenvalue weighted by Gasteiger charge is 2.13. The zero-order valence-corrected chi connectivity index (χ0v) is 16.7. The van der Waals surface area contributed by atoms with Gasteiger partial charge in [0, 0.05) is 17.8 Å². The Morgan fingerprint density at radius 2 is 1.62 bits per heavy atom. The lowest BCUT2D eigenvalue weighted by Gasteiger charge is -2.23. The van der Waals surface area contributed by atoms with E-state index in [1.807, 2.05) is 0 Å². The van der Waals surface area contributed by atoms with Crippen molar-refractivity contribution in [3.63, 3.8) is 0 Å². The Bertz CT molecular complexity index is 734. The number of nitrogens with one attached hydrogen (secondary N) is 3. The summed E-state index contributed by atoms with van der Waals surface area (Å²) in [5.41, 5.74) is 6.28. The summed E-state index contributed by atoms with van der Waals surface area (Å²) in [7, 11) is 0. The van der Waals surface area contributed by atoms with Gasteiger partial charge in [-0.25, -0.2) is 0 Å². The summed E-state index contributed by atoms with van der Waals surface area (Å²) in [5, 5.41) is 7.22. The van der Waals surface area contributed by atoms with Crippen LogP contribution in [0.25, 0.3) is 0 Å². The van der Waals surface area contributed by atoms with Crippen LogP contribution < -0.4 is 15.5 Å². The second kappa shape index (κ2) is 9.15. The maximum absolute atomic E-state index is 5.42. The molecule has 0 aliphatic carbocycles. The first-order valence-corrected chi connectivity index (χ1v) is 10.0. The highest BCUT2D eigenvalue weighted by molar-refractivity contribution is 7.80. The number of hydrogen-bond acceptors (Lipinski definition) is 1. The lowest BCUT2D eigenvalue weighted by molar-refractivity contribution is -0.918. The Kier molecular flexibility index (Phi) is 6.64. The molecule has 1 saturated heterocycles. The first kappa shape index (κ1) is 18.9. The minimum absolute atomic E-state index is 0.662. The number of hydrogen-bond donors (Lipinski definition) is 3. The summed E-state index contributed by atoms with van der Waals surface area (Å²) in [6.07, 6.45) is 4.16. The highest BCUT2D eigenvalue weighted by Crippen LogP contribution is 2.14. The van der Waals surface area contributed by atoms with Crippen LogP contribution in [-0.4, -0.2) is 18.2 Å². The maximum atomic E-state index is 5.42. The third-order valence-electron chi connectivity index (χ3n) is 5.26. The van der Waals surface area contributed by atoms with Gasteiger partial charge in [0.05, 0.1) is 13.1 Å². The van der Waals surface area contributed by atoms with Crippen LogP contribution in [0.1, 0.15) is 41.5 Å². The SMILES string of the molecule is Cc1ccc(NC(=S)NCc2ccc(C[NH+]3CCCCC3)cc2)cc1C. The summed E-state index contributed by atoms with van der Waals surface area (Å²) in [4.78, 5) is 1.72. The molecule has 1 aliphatic rings. The van der Waals surface area contributed by atoms with Crippen LogP contribution in [0.3, 0.4) is 0 Å². The fraction of sp³-hybridized carbons (Fsp3) is 0.409. The number of thiocarbonyl (C=S) groups is 1. The predicted octanol–water partition coefficient (Wildman–Crippen LogP) is 3.36. The molecular formula is C22H30N3S+. The molecule has 0 unspecified atom stereocenters. The van der Waals surface area contributed by atoms with Crippen molar-refractivity contribution in [2.45, 2.75) is 46.2 Å². The molecule has 0 aromatic heterocycles. The highest BCUT2D eigenvalue weighted by atomic mass is 32.1. The number of likely N-dealkylation sites (tertiary alicyclic amines) is 1. The van der Waals surface area contributed by atoms with Gasteiger partial charge in [-0.15, -0.1) is 0 Å². The van der Waals surface area contributed by atoms with E-state index in [-0.39, 0.29) is 0 Å². The number of piperidine rings is 1. The molecule has 3 nitrogen and oxygen atoms in total. The number of quaternary nitrogens is 1. The van der Waals surface area contributed by atoms with Gasteiger partial charge < -0.3 is 15.5 Å². The predicted molar refractivity (Wildman–Crippen MR) is 114 cm³/mol. The zero-order chi connectivity index (χ0) is 18.4. The van der Waals surface area contributed by atoms with Gasteiger partial charge in [-0.1, -0.05) is 30.3 Å². The smallest absolute Gasteiger partial charge is 0.171 e. The Labute approximate surface area is 162 Å². The molecule has 1 heterocycles. The number of rotatable bonds is 5. The van der Waals surface area contributed by atoms with E-state index in [1.165, 1.54) is 54.6 Å². The first-order chi connectivity index (χ1) is 12.6. The number of aryl methyl sites for hydroxylation is 2. The fourth-order valence-corrected chi connectivity index (χ4v) is 3.66. The van der Waals surface area contributed by atoms with Gasteiger partial charge in [-0.3, -0.25) is 0 Å². The van der Waals surface area contributed by atoms with E-state index in [0.29, 0.717) is 5.11 Å². The van der Waals surface area contributed by atoms with Gasteiger partial charge in [0.25, 0.3) is 0 Å². The van der Waals surface area contributed by atoms with Crippen molar-refractivity contribution in [3.8, 4) is 0 Å². The van der Waals surface area contributed by atoms with Gasteiger partial charge in [0.15, 0.2) is 5.11 Å². The zero-order valence-electron chi connectivity index (χ0n) is 15.9. The quantitative estimate of drug-likeness (QED) is 0.707. The van der Waals surface area contributed by atoms with Gasteiger partial charge >= 0.3 is 0 Å². The largest absolute Gasteiger partial charge is 0.358 e. The molecule has 3 rings (SSSR count). The van der Waals surface area contributed by atoms with Gasteiger partial charge in [-0.2, -0.15) is 0 Å². The average molecular weight is 369 g/mol. The molecule has 3 N–H and O–H groups in total. The second-order valence-electron chi connectivity index (χ2n) is 7.41. The third kappa shape index (κ3) is 5.55. The minimum Gasteiger partial charge on any atom is -0.358 e. The Balaban J connectivity index is 1.46. The van der Waals surface area contributed by atoms with Crippen LogP contribution in [0.4, 0.5) is 5.69 Å². The molecule has 1 aliphatic heterocycles. The van der Waals surface area contributed by atoms with Crippen molar-refractivity contribution >= 4 is 23.0 Å². The molecule has 4 heteroatoms. The molecule has 0 saturated carbocycles. The lowest BCUT2D eigenvalue weighted by atomic mass is 10.1. The Hall–Kier alpha value is -1.91. The van der Waals surface area contributed by atoms with Gasteiger partial charge in [-0.05, 0) is 74.2 Å². The molecule has 0 spiro atoms. The molecule has 0 atom stereocenters. The van der Waals surface area contributed by atoms with Crippen LogP contribution in [0.5, 0.6) is 0 Å². The van der Waals surface area contributed by atoms with E-state index < -0.39 is 0 Å². The van der Waals surface area contributed by atoms with E-state index in [2.05, 4.69) is 66.9 Å². The maximum Gasteiger partial charge on any atom is 0.171 e. The second-order valence-corrected chi connectivity index (χ2v) is 7.82. The van der Waals surface area contributed by atoms with Crippen LogP contribution in [0.15, 0.2) is 42.5 Å². The standard InChI is InChI=1S/C22H29N3S/c1-17-6-11-21(14-18(17)2)24-22(26)23-15-19-7-9-20(10-8-19)16-25-12-4-3-5-13-25/h6-11,14H,3-5,12-13,15-16H2,1-2H3,(H2,23,24,26)/p+1. The summed E-state index contributed by atoms with van der Waals surface area (Å²) in [6, 6.07) is 15.3. The van der Waals surface area contributed by atoms with Crippen molar-refractivity contribution in [3.05, 3.63) is 64.7 Å². The first-order valence-electron chi connectivity index (χ1n) is 9.63. The van der Waals surface area contributed by atoms with Crippen molar-refractivity contribution in [2.24, 2.45) is 0 Å². The van der Waals surface area contributed by atoms with Gasteiger partial charge in [0.2, 0.25) is 0 Å². The minimum atomic E-state index is 0.662. The molecule has 2 aromatic rings. The van der Waals surface area contributed by atoms with E-state index in [1.54, 1.807) is 4.90 Å². The van der Waals surface area contributed by atoms with Crippen LogP contribution in [0, 0.1) is 13.8 Å². The topological polar surface area (TPSA) is 28.5 Å². The van der Waals surface area contributed by atoms with Crippen molar-refractivity contribution in [1.29, 1.82) is 0 Å². The van der Waals surface area contributed by atoms with Crippen LogP contribution >= 0.6 is 12.2 Å². The Morgan fingerprint density at radius 3 is 2.31 bits per heavy atom. The van der Waals surface area contributed by atoms with Crippen molar-refractivity contribution in [1.82, 2.24) is 5.32 Å². The molecule has 138 valence electrons. The molecular weight excluding hydrogens is 338 g/mol. The van der Waals surface area contributed by atoms with Crippen LogP contribution in [0.2, 0.25) is 0 Å². The van der Waals surface area contributed by atoms with E-state index >= 15 is 0 Å². The van der Waals surface area contributed by atoms with E-state index in [4.69, 9.17) is 12.2 Å². The Morgan fingerprint density at radius 1 is 0.923 bits per heavy atom. The summed E-state index contributed by atoms with van der Waals surface area (Å²) < 4.78 is 0. The van der Waals surface area contributed by atoms with Gasteiger partial charge in [0.1, 0.15) is 6.54 Å².